The summed E-state index contributed by atoms with van der Waals surface area (Å²) in [5.74, 6) is 0. The van der Waals surface area contributed by atoms with Crippen LogP contribution in [0.25, 0.3) is 0 Å². The van der Waals surface area contributed by atoms with E-state index in [4.69, 9.17) is 0 Å². The predicted molar refractivity (Wildman–Crippen MR) is 34.7 cm³/mol. The summed E-state index contributed by atoms with van der Waals surface area (Å²) in [5.41, 5.74) is 1.28. The SMILES string of the molecule is CCc1[c-]cccc1.[W]. The first-order valence-electron chi connectivity index (χ1n) is 2.89. The average Bonchev–Trinajstić information content (AvgIpc) is 1.90. The fourth-order valence-electron chi connectivity index (χ4n) is 0.650. The van der Waals surface area contributed by atoms with Crippen LogP contribution in [0.15, 0.2) is 24.3 Å². The fraction of sp³-hybridized carbons (Fsp3) is 0.250. The van der Waals surface area contributed by atoms with Crippen LogP contribution in [-0.2, 0) is 27.5 Å². The molecule has 1 aromatic rings. The van der Waals surface area contributed by atoms with E-state index < -0.39 is 0 Å². The minimum absolute atomic E-state index is 0. The molecule has 48 valence electrons. The van der Waals surface area contributed by atoms with Gasteiger partial charge in [0.2, 0.25) is 0 Å². The van der Waals surface area contributed by atoms with Crippen molar-refractivity contribution in [2.75, 3.05) is 0 Å². The molecule has 1 aromatic carbocycles. The maximum atomic E-state index is 3.12. The maximum absolute atomic E-state index is 3.12. The van der Waals surface area contributed by atoms with Crippen LogP contribution in [0.1, 0.15) is 12.5 Å². The number of hydrogen-bond donors (Lipinski definition) is 0. The summed E-state index contributed by atoms with van der Waals surface area (Å²) in [5, 5.41) is 0. The Morgan fingerprint density at radius 1 is 1.44 bits per heavy atom. The van der Waals surface area contributed by atoms with Crippen molar-refractivity contribution in [3.63, 3.8) is 0 Å². The summed E-state index contributed by atoms with van der Waals surface area (Å²) < 4.78 is 0. The van der Waals surface area contributed by atoms with E-state index >= 15 is 0 Å². The van der Waals surface area contributed by atoms with Crippen molar-refractivity contribution in [2.24, 2.45) is 0 Å². The van der Waals surface area contributed by atoms with Gasteiger partial charge in [-0.15, -0.1) is 0 Å². The van der Waals surface area contributed by atoms with E-state index in [9.17, 15) is 0 Å². The van der Waals surface area contributed by atoms with Crippen LogP contribution in [0.4, 0.5) is 0 Å². The van der Waals surface area contributed by atoms with Gasteiger partial charge in [0.05, 0.1) is 0 Å². The summed E-state index contributed by atoms with van der Waals surface area (Å²) in [7, 11) is 0. The first-order valence-corrected chi connectivity index (χ1v) is 2.89. The van der Waals surface area contributed by atoms with E-state index in [0.29, 0.717) is 0 Å². The molecule has 0 aromatic heterocycles. The molecule has 0 nitrogen and oxygen atoms in total. The third kappa shape index (κ3) is 2.81. The molecule has 0 spiro atoms. The molecule has 0 aliphatic carbocycles. The Kier molecular flexibility index (Phi) is 4.71. The molecule has 0 N–H and O–H groups in total. The van der Waals surface area contributed by atoms with Gasteiger partial charge < -0.3 is 0 Å². The molecule has 1 heteroatoms. The van der Waals surface area contributed by atoms with Gasteiger partial charge in [-0.2, -0.15) is 35.9 Å². The molecule has 0 atom stereocenters. The monoisotopic (exact) mass is 289 g/mol. The molecule has 0 unspecified atom stereocenters. The third-order valence-electron chi connectivity index (χ3n) is 1.15. The molecule has 1 rings (SSSR count). The topological polar surface area (TPSA) is 0 Å². The Bertz CT molecular complexity index is 146. The van der Waals surface area contributed by atoms with Crippen LogP contribution < -0.4 is 0 Å². The van der Waals surface area contributed by atoms with Crippen LogP contribution in [0.2, 0.25) is 0 Å². The van der Waals surface area contributed by atoms with Crippen molar-refractivity contribution >= 4 is 0 Å². The van der Waals surface area contributed by atoms with Crippen molar-refractivity contribution in [3.8, 4) is 0 Å². The van der Waals surface area contributed by atoms with Gasteiger partial charge in [0, 0.05) is 21.1 Å². The van der Waals surface area contributed by atoms with E-state index in [1.807, 2.05) is 18.2 Å². The summed E-state index contributed by atoms with van der Waals surface area (Å²) in [4.78, 5) is 0. The van der Waals surface area contributed by atoms with Crippen LogP contribution in [-0.4, -0.2) is 0 Å². The zero-order chi connectivity index (χ0) is 5.82. The van der Waals surface area contributed by atoms with E-state index in [1.54, 1.807) is 0 Å². The van der Waals surface area contributed by atoms with E-state index in [2.05, 4.69) is 19.1 Å². The van der Waals surface area contributed by atoms with Crippen molar-refractivity contribution in [3.05, 3.63) is 35.9 Å². The Hall–Kier alpha value is -0.0917. The second-order valence-electron chi connectivity index (χ2n) is 1.74. The normalized spacial score (nSPS) is 8.11. The number of benzene rings is 1. The van der Waals surface area contributed by atoms with Gasteiger partial charge in [-0.05, 0) is 0 Å². The number of hydrogen-bond acceptors (Lipinski definition) is 0. The van der Waals surface area contributed by atoms with Gasteiger partial charge in [-0.1, -0.05) is 13.3 Å². The minimum Gasteiger partial charge on any atom is -0.180 e. The van der Waals surface area contributed by atoms with Crippen molar-refractivity contribution < 1.29 is 21.1 Å². The second-order valence-corrected chi connectivity index (χ2v) is 1.74. The van der Waals surface area contributed by atoms with Gasteiger partial charge in [-0.3, -0.25) is 0 Å². The zero-order valence-corrected chi connectivity index (χ0v) is 8.36. The third-order valence-corrected chi connectivity index (χ3v) is 1.15. The molecule has 9 heavy (non-hydrogen) atoms. The Balaban J connectivity index is 0.000000640. The summed E-state index contributed by atoms with van der Waals surface area (Å²) in [6.45, 7) is 2.13. The average molecular weight is 289 g/mol. The largest absolute Gasteiger partial charge is 0.180 e. The molecule has 0 saturated carbocycles. The predicted octanol–water partition coefficient (Wildman–Crippen LogP) is 2.05. The van der Waals surface area contributed by atoms with E-state index in [1.165, 1.54) is 5.56 Å². The molecular formula is C8H9W-. The summed E-state index contributed by atoms with van der Waals surface area (Å²) in [6.07, 6.45) is 1.08. The summed E-state index contributed by atoms with van der Waals surface area (Å²) >= 11 is 0. The van der Waals surface area contributed by atoms with Gasteiger partial charge in [0.25, 0.3) is 0 Å². The van der Waals surface area contributed by atoms with Crippen LogP contribution in [0, 0.1) is 6.07 Å². The Labute approximate surface area is 70.5 Å². The standard InChI is InChI=1S/C8H9.W/c1-2-8-6-4-3-5-7-8;/h3-6H,2H2,1H3;/q-1;. The van der Waals surface area contributed by atoms with Crippen molar-refractivity contribution in [1.29, 1.82) is 0 Å². The number of rotatable bonds is 1. The summed E-state index contributed by atoms with van der Waals surface area (Å²) in [6, 6.07) is 11.2. The zero-order valence-electron chi connectivity index (χ0n) is 5.42. The van der Waals surface area contributed by atoms with Gasteiger partial charge in [0.1, 0.15) is 0 Å². The quantitative estimate of drug-likeness (QED) is 0.694. The van der Waals surface area contributed by atoms with E-state index in [0.717, 1.165) is 6.42 Å². The minimum atomic E-state index is 0. The smallest absolute Gasteiger partial charge is 0 e. The Morgan fingerprint density at radius 2 is 2.22 bits per heavy atom. The molecule has 0 saturated heterocycles. The van der Waals surface area contributed by atoms with Crippen LogP contribution >= 0.6 is 0 Å². The number of aryl methyl sites for hydroxylation is 1. The first-order chi connectivity index (χ1) is 3.93. The molecule has 0 fully saturated rings. The second kappa shape index (κ2) is 4.76. The van der Waals surface area contributed by atoms with Gasteiger partial charge >= 0.3 is 0 Å². The molecule has 0 aliphatic heterocycles. The molecule has 0 amide bonds. The molecule has 0 aliphatic rings. The van der Waals surface area contributed by atoms with Crippen LogP contribution in [0.5, 0.6) is 0 Å². The van der Waals surface area contributed by atoms with E-state index in [-0.39, 0.29) is 21.1 Å². The Morgan fingerprint density at radius 3 is 2.56 bits per heavy atom. The van der Waals surface area contributed by atoms with Crippen molar-refractivity contribution in [2.45, 2.75) is 13.3 Å². The van der Waals surface area contributed by atoms with Crippen molar-refractivity contribution in [1.82, 2.24) is 0 Å². The molecule has 0 radical (unpaired) electrons. The van der Waals surface area contributed by atoms with Gasteiger partial charge in [0.15, 0.2) is 0 Å². The first kappa shape index (κ1) is 8.91. The molecule has 0 heterocycles. The molecule has 0 bridgehead atoms. The fourth-order valence-corrected chi connectivity index (χ4v) is 0.650. The maximum Gasteiger partial charge on any atom is 0 e. The van der Waals surface area contributed by atoms with Gasteiger partial charge in [-0.25, -0.2) is 0 Å². The molecular weight excluding hydrogens is 280 g/mol. The van der Waals surface area contributed by atoms with Crippen LogP contribution in [0.3, 0.4) is 0 Å².